The second-order valence-electron chi connectivity index (χ2n) is 5.08. The number of benzene rings is 2. The predicted octanol–water partition coefficient (Wildman–Crippen LogP) is 3.15. The van der Waals surface area contributed by atoms with Crippen molar-refractivity contribution in [3.05, 3.63) is 63.7 Å². The van der Waals surface area contributed by atoms with E-state index in [4.69, 9.17) is 4.74 Å². The van der Waals surface area contributed by atoms with Gasteiger partial charge in [0.15, 0.2) is 12.4 Å². The lowest BCUT2D eigenvalue weighted by Crippen LogP contribution is -2.24. The first-order valence-electron chi connectivity index (χ1n) is 7.33. The maximum atomic E-state index is 11.7. The van der Waals surface area contributed by atoms with Crippen molar-refractivity contribution in [3.8, 4) is 5.75 Å². The number of ether oxygens (including phenoxy) is 1. The fourth-order valence-electron chi connectivity index (χ4n) is 1.94. The van der Waals surface area contributed by atoms with E-state index >= 15 is 0 Å². The minimum Gasteiger partial charge on any atom is -0.477 e. The lowest BCUT2D eigenvalue weighted by Gasteiger charge is -2.06. The van der Waals surface area contributed by atoms with E-state index in [1.807, 2.05) is 30.5 Å². The number of rotatable bonds is 7. The van der Waals surface area contributed by atoms with Crippen molar-refractivity contribution >= 4 is 29.6 Å². The van der Waals surface area contributed by atoms with Crippen LogP contribution in [0, 0.1) is 17.0 Å². The number of nitro groups is 1. The van der Waals surface area contributed by atoms with Gasteiger partial charge in [-0.3, -0.25) is 14.9 Å². The Morgan fingerprint density at radius 3 is 2.68 bits per heavy atom. The number of aryl methyl sites for hydroxylation is 1. The maximum absolute atomic E-state index is 11.7. The van der Waals surface area contributed by atoms with E-state index < -0.39 is 10.8 Å². The molecule has 0 bridgehead atoms. The molecule has 0 saturated carbocycles. The molecule has 7 nitrogen and oxygen atoms in total. The predicted molar refractivity (Wildman–Crippen MR) is 97.3 cm³/mol. The van der Waals surface area contributed by atoms with Crippen molar-refractivity contribution in [1.82, 2.24) is 5.43 Å². The summed E-state index contributed by atoms with van der Waals surface area (Å²) in [7, 11) is 0. The van der Waals surface area contributed by atoms with Gasteiger partial charge in [0.1, 0.15) is 0 Å². The quantitative estimate of drug-likeness (QED) is 0.355. The summed E-state index contributed by atoms with van der Waals surface area (Å²) in [5.74, 6) is -0.464. The third kappa shape index (κ3) is 5.61. The third-order valence-corrected chi connectivity index (χ3v) is 3.93. The summed E-state index contributed by atoms with van der Waals surface area (Å²) in [5, 5.41) is 14.8. The topological polar surface area (TPSA) is 93.8 Å². The molecule has 2 aromatic rings. The number of carbonyl (C=O) groups is 1. The Morgan fingerprint density at radius 1 is 1.32 bits per heavy atom. The number of nitrogens with zero attached hydrogens (tertiary/aromatic N) is 2. The summed E-state index contributed by atoms with van der Waals surface area (Å²) in [6.45, 7) is 1.37. The normalized spacial score (nSPS) is 10.6. The highest BCUT2D eigenvalue weighted by atomic mass is 32.2. The second-order valence-corrected chi connectivity index (χ2v) is 5.96. The average Bonchev–Trinajstić information content (AvgIpc) is 2.61. The Kier molecular flexibility index (Phi) is 6.53. The molecule has 0 aliphatic heterocycles. The van der Waals surface area contributed by atoms with Gasteiger partial charge in [0.25, 0.3) is 5.91 Å². The van der Waals surface area contributed by atoms with Gasteiger partial charge in [-0.2, -0.15) is 5.10 Å². The summed E-state index contributed by atoms with van der Waals surface area (Å²) in [4.78, 5) is 23.3. The van der Waals surface area contributed by atoms with E-state index in [0.29, 0.717) is 0 Å². The molecule has 2 rings (SSSR count). The van der Waals surface area contributed by atoms with E-state index in [9.17, 15) is 14.9 Å². The van der Waals surface area contributed by atoms with Crippen LogP contribution in [0.4, 0.5) is 5.69 Å². The van der Waals surface area contributed by atoms with Crippen LogP contribution in [0.1, 0.15) is 11.1 Å². The van der Waals surface area contributed by atoms with Gasteiger partial charge in [0, 0.05) is 11.0 Å². The first-order chi connectivity index (χ1) is 12.0. The molecule has 0 atom stereocenters. The molecule has 0 aromatic heterocycles. The first-order valence-corrected chi connectivity index (χ1v) is 8.56. The molecule has 130 valence electrons. The summed E-state index contributed by atoms with van der Waals surface area (Å²) < 4.78 is 5.22. The van der Waals surface area contributed by atoms with Crippen LogP contribution >= 0.6 is 11.8 Å². The Bertz CT molecular complexity index is 791. The summed E-state index contributed by atoms with van der Waals surface area (Å²) >= 11 is 1.64. The molecule has 25 heavy (non-hydrogen) atoms. The van der Waals surface area contributed by atoms with Crippen molar-refractivity contribution in [2.45, 2.75) is 11.8 Å². The molecule has 8 heteroatoms. The standard InChI is InChI=1S/C17H17N3O4S/c1-12-3-8-16(15(9-12)20(22)23)24-11-17(21)19-18-10-13-4-6-14(25-2)7-5-13/h3-10H,11H2,1-2H3,(H,19,21)/b18-10+. The third-order valence-electron chi connectivity index (χ3n) is 3.19. The van der Waals surface area contributed by atoms with Gasteiger partial charge in [0.05, 0.1) is 11.1 Å². The molecule has 2 aromatic carbocycles. The van der Waals surface area contributed by atoms with E-state index in [0.717, 1.165) is 16.0 Å². The molecule has 0 spiro atoms. The van der Waals surface area contributed by atoms with Crippen molar-refractivity contribution in [2.24, 2.45) is 5.10 Å². The lowest BCUT2D eigenvalue weighted by molar-refractivity contribution is -0.385. The number of carbonyl (C=O) groups excluding carboxylic acids is 1. The molecule has 0 saturated heterocycles. The van der Waals surface area contributed by atoms with Crippen molar-refractivity contribution in [1.29, 1.82) is 0 Å². The van der Waals surface area contributed by atoms with Crippen LogP contribution < -0.4 is 10.2 Å². The fraction of sp³-hybridized carbons (Fsp3) is 0.176. The first kappa shape index (κ1) is 18.5. The van der Waals surface area contributed by atoms with Gasteiger partial charge in [-0.1, -0.05) is 18.2 Å². The van der Waals surface area contributed by atoms with Crippen LogP contribution in [-0.4, -0.2) is 29.9 Å². The van der Waals surface area contributed by atoms with Crippen molar-refractivity contribution in [3.63, 3.8) is 0 Å². The Labute approximate surface area is 149 Å². The average molecular weight is 359 g/mol. The highest BCUT2D eigenvalue weighted by molar-refractivity contribution is 7.98. The lowest BCUT2D eigenvalue weighted by atomic mass is 10.2. The highest BCUT2D eigenvalue weighted by Gasteiger charge is 2.16. The minimum absolute atomic E-state index is 0.0439. The van der Waals surface area contributed by atoms with Gasteiger partial charge < -0.3 is 4.74 Å². The number of hydrazone groups is 1. The fourth-order valence-corrected chi connectivity index (χ4v) is 2.34. The van der Waals surface area contributed by atoms with Crippen LogP contribution in [-0.2, 0) is 4.79 Å². The van der Waals surface area contributed by atoms with Crippen molar-refractivity contribution in [2.75, 3.05) is 12.9 Å². The number of thioether (sulfide) groups is 1. The number of nitro benzene ring substituents is 1. The number of amides is 1. The van der Waals surface area contributed by atoms with Crippen LogP contribution in [0.2, 0.25) is 0 Å². The molecule has 1 amide bonds. The van der Waals surface area contributed by atoms with Crippen LogP contribution in [0.15, 0.2) is 52.5 Å². The molecule has 0 unspecified atom stereocenters. The molecule has 0 radical (unpaired) electrons. The van der Waals surface area contributed by atoms with Crippen LogP contribution in [0.5, 0.6) is 5.75 Å². The maximum Gasteiger partial charge on any atom is 0.311 e. The van der Waals surface area contributed by atoms with Crippen LogP contribution in [0.3, 0.4) is 0 Å². The number of nitrogens with one attached hydrogen (secondary N) is 1. The zero-order chi connectivity index (χ0) is 18.2. The molecular formula is C17H17N3O4S. The largest absolute Gasteiger partial charge is 0.477 e. The van der Waals surface area contributed by atoms with Gasteiger partial charge in [-0.25, -0.2) is 5.43 Å². The van der Waals surface area contributed by atoms with E-state index in [1.165, 1.54) is 18.3 Å². The molecule has 0 fully saturated rings. The monoisotopic (exact) mass is 359 g/mol. The summed E-state index contributed by atoms with van der Waals surface area (Å²) in [6, 6.07) is 12.2. The summed E-state index contributed by atoms with van der Waals surface area (Å²) in [6.07, 6.45) is 3.50. The van der Waals surface area contributed by atoms with E-state index in [-0.39, 0.29) is 18.0 Å². The van der Waals surface area contributed by atoms with Gasteiger partial charge in [-0.15, -0.1) is 11.8 Å². The molecule has 0 heterocycles. The zero-order valence-electron chi connectivity index (χ0n) is 13.8. The molecule has 0 aliphatic rings. The van der Waals surface area contributed by atoms with Gasteiger partial charge in [-0.05, 0) is 42.5 Å². The molecule has 0 aliphatic carbocycles. The molecule has 1 N–H and O–H groups in total. The van der Waals surface area contributed by atoms with E-state index in [2.05, 4.69) is 10.5 Å². The second kappa shape index (κ2) is 8.84. The van der Waals surface area contributed by atoms with Crippen molar-refractivity contribution < 1.29 is 14.5 Å². The smallest absolute Gasteiger partial charge is 0.311 e. The number of hydrogen-bond acceptors (Lipinski definition) is 6. The van der Waals surface area contributed by atoms with Gasteiger partial charge >= 0.3 is 5.69 Å². The zero-order valence-corrected chi connectivity index (χ0v) is 14.6. The van der Waals surface area contributed by atoms with Gasteiger partial charge in [0.2, 0.25) is 0 Å². The number of hydrogen-bond donors (Lipinski definition) is 1. The Hall–Kier alpha value is -2.87. The molecular weight excluding hydrogens is 342 g/mol. The Morgan fingerprint density at radius 2 is 2.04 bits per heavy atom. The highest BCUT2D eigenvalue weighted by Crippen LogP contribution is 2.27. The minimum atomic E-state index is -0.545. The Balaban J connectivity index is 1.88. The summed E-state index contributed by atoms with van der Waals surface area (Å²) in [5.41, 5.74) is 3.72. The van der Waals surface area contributed by atoms with Crippen LogP contribution in [0.25, 0.3) is 0 Å². The SMILES string of the molecule is CSc1ccc(/C=N/NC(=O)COc2ccc(C)cc2[N+](=O)[O-])cc1. The van der Waals surface area contributed by atoms with E-state index in [1.54, 1.807) is 24.8 Å².